The molecule has 0 bridgehead atoms. The van der Waals surface area contributed by atoms with Crippen LogP contribution in [-0.4, -0.2) is 53.3 Å². The maximum Gasteiger partial charge on any atom is 0.256 e. The number of carbonyl (C=O) groups is 1. The monoisotopic (exact) mass is 336 g/mol. The maximum absolute atomic E-state index is 13.0. The molecule has 23 heavy (non-hydrogen) atoms. The molecule has 2 heterocycles. The molecule has 6 heteroatoms. The van der Waals surface area contributed by atoms with Gasteiger partial charge in [0.2, 0.25) is 0 Å². The average molecular weight is 337 g/mol. The van der Waals surface area contributed by atoms with Crippen LogP contribution in [0.1, 0.15) is 28.9 Å². The SMILES string of the molecule is Cc1[nH]c2ccc(Cl)cc2c1C(=O)N1CCCC(OCCO)C1. The Hall–Kier alpha value is -1.56. The van der Waals surface area contributed by atoms with Gasteiger partial charge in [0.05, 0.1) is 24.9 Å². The summed E-state index contributed by atoms with van der Waals surface area (Å²) >= 11 is 6.09. The van der Waals surface area contributed by atoms with E-state index in [0.29, 0.717) is 23.7 Å². The minimum Gasteiger partial charge on any atom is -0.394 e. The number of aromatic nitrogens is 1. The highest BCUT2D eigenvalue weighted by atomic mass is 35.5. The number of hydrogen-bond acceptors (Lipinski definition) is 3. The van der Waals surface area contributed by atoms with Crippen molar-refractivity contribution in [1.82, 2.24) is 9.88 Å². The zero-order valence-electron chi connectivity index (χ0n) is 13.1. The number of halogens is 1. The van der Waals surface area contributed by atoms with Crippen LogP contribution in [0.4, 0.5) is 0 Å². The smallest absolute Gasteiger partial charge is 0.256 e. The van der Waals surface area contributed by atoms with E-state index in [1.807, 2.05) is 30.0 Å². The van der Waals surface area contributed by atoms with E-state index in [0.717, 1.165) is 36.0 Å². The van der Waals surface area contributed by atoms with Crippen molar-refractivity contribution in [3.05, 3.63) is 34.5 Å². The first-order valence-corrected chi connectivity index (χ1v) is 8.27. The molecule has 1 aromatic carbocycles. The molecule has 0 spiro atoms. The molecule has 3 rings (SSSR count). The summed E-state index contributed by atoms with van der Waals surface area (Å²) in [6.45, 7) is 3.51. The molecule has 1 fully saturated rings. The fourth-order valence-electron chi connectivity index (χ4n) is 3.21. The molecule has 1 atom stereocenters. The summed E-state index contributed by atoms with van der Waals surface area (Å²) in [4.78, 5) is 18.1. The van der Waals surface area contributed by atoms with Gasteiger partial charge in [0.1, 0.15) is 0 Å². The van der Waals surface area contributed by atoms with Crippen molar-refractivity contribution in [1.29, 1.82) is 0 Å². The number of aromatic amines is 1. The molecule has 0 saturated carbocycles. The van der Waals surface area contributed by atoms with Crippen molar-refractivity contribution in [2.75, 3.05) is 26.3 Å². The van der Waals surface area contributed by atoms with E-state index in [-0.39, 0.29) is 18.6 Å². The first kappa shape index (κ1) is 16.3. The van der Waals surface area contributed by atoms with Gasteiger partial charge in [0, 0.05) is 34.7 Å². The van der Waals surface area contributed by atoms with Gasteiger partial charge in [-0.15, -0.1) is 0 Å². The van der Waals surface area contributed by atoms with Crippen LogP contribution in [0, 0.1) is 6.92 Å². The molecule has 1 aliphatic rings. The van der Waals surface area contributed by atoms with Crippen molar-refractivity contribution in [2.45, 2.75) is 25.9 Å². The molecule has 0 aliphatic carbocycles. The lowest BCUT2D eigenvalue weighted by molar-refractivity contribution is -0.0110. The number of likely N-dealkylation sites (tertiary alicyclic amines) is 1. The number of nitrogens with one attached hydrogen (secondary N) is 1. The molecule has 2 N–H and O–H groups in total. The number of aliphatic hydroxyl groups is 1. The Kier molecular flexibility index (Phi) is 4.90. The molecule has 1 saturated heterocycles. The number of aliphatic hydroxyl groups excluding tert-OH is 1. The number of amides is 1. The average Bonchev–Trinajstić information content (AvgIpc) is 2.87. The topological polar surface area (TPSA) is 65.6 Å². The van der Waals surface area contributed by atoms with E-state index < -0.39 is 0 Å². The van der Waals surface area contributed by atoms with Crippen LogP contribution in [0.25, 0.3) is 10.9 Å². The van der Waals surface area contributed by atoms with Gasteiger partial charge in [-0.2, -0.15) is 0 Å². The van der Waals surface area contributed by atoms with Gasteiger partial charge in [-0.25, -0.2) is 0 Å². The van der Waals surface area contributed by atoms with E-state index >= 15 is 0 Å². The first-order valence-electron chi connectivity index (χ1n) is 7.89. The molecule has 1 aliphatic heterocycles. The fourth-order valence-corrected chi connectivity index (χ4v) is 3.38. The van der Waals surface area contributed by atoms with Crippen molar-refractivity contribution < 1.29 is 14.6 Å². The van der Waals surface area contributed by atoms with E-state index in [9.17, 15) is 4.79 Å². The normalized spacial score (nSPS) is 18.6. The predicted octanol–water partition coefficient (Wildman–Crippen LogP) is 2.74. The number of benzene rings is 1. The van der Waals surface area contributed by atoms with Crippen molar-refractivity contribution in [2.24, 2.45) is 0 Å². The number of piperidine rings is 1. The largest absolute Gasteiger partial charge is 0.394 e. The third kappa shape index (κ3) is 3.37. The quantitative estimate of drug-likeness (QED) is 0.902. The van der Waals surface area contributed by atoms with Crippen LogP contribution in [-0.2, 0) is 4.74 Å². The number of H-pyrrole nitrogens is 1. The first-order chi connectivity index (χ1) is 11.1. The summed E-state index contributed by atoms with van der Waals surface area (Å²) in [7, 11) is 0. The van der Waals surface area contributed by atoms with Gasteiger partial charge in [-0.05, 0) is 38.0 Å². The second kappa shape index (κ2) is 6.91. The fraction of sp³-hybridized carbons (Fsp3) is 0.471. The molecule has 124 valence electrons. The Morgan fingerprint density at radius 3 is 3.13 bits per heavy atom. The van der Waals surface area contributed by atoms with Crippen LogP contribution in [0.5, 0.6) is 0 Å². The van der Waals surface area contributed by atoms with Gasteiger partial charge in [-0.3, -0.25) is 4.79 Å². The molecular formula is C17H21ClN2O3. The highest BCUT2D eigenvalue weighted by Gasteiger charge is 2.27. The zero-order chi connectivity index (χ0) is 16.4. The molecule has 0 radical (unpaired) electrons. The van der Waals surface area contributed by atoms with Crippen LogP contribution in [0.2, 0.25) is 5.02 Å². The standard InChI is InChI=1S/C17H21ClN2O3/c1-11-16(14-9-12(18)4-5-15(14)19-11)17(22)20-6-2-3-13(10-20)23-8-7-21/h4-5,9,13,19,21H,2-3,6-8,10H2,1H3. The minimum atomic E-state index is -0.00560. The summed E-state index contributed by atoms with van der Waals surface area (Å²) in [5.41, 5.74) is 2.45. The Labute approximate surface area is 140 Å². The number of aryl methyl sites for hydroxylation is 1. The lowest BCUT2D eigenvalue weighted by Crippen LogP contribution is -2.43. The highest BCUT2D eigenvalue weighted by molar-refractivity contribution is 6.31. The minimum absolute atomic E-state index is 0.00447. The summed E-state index contributed by atoms with van der Waals surface area (Å²) in [6.07, 6.45) is 1.82. The van der Waals surface area contributed by atoms with Crippen LogP contribution >= 0.6 is 11.6 Å². The molecule has 1 amide bonds. The lowest BCUT2D eigenvalue weighted by atomic mass is 10.0. The van der Waals surface area contributed by atoms with Gasteiger partial charge in [0.25, 0.3) is 5.91 Å². The number of carbonyl (C=O) groups excluding carboxylic acids is 1. The summed E-state index contributed by atoms with van der Waals surface area (Å²) < 4.78 is 5.59. The number of ether oxygens (including phenoxy) is 1. The van der Waals surface area contributed by atoms with Crippen molar-refractivity contribution >= 4 is 28.4 Å². The Morgan fingerprint density at radius 2 is 2.35 bits per heavy atom. The van der Waals surface area contributed by atoms with Crippen LogP contribution in [0.3, 0.4) is 0 Å². The van der Waals surface area contributed by atoms with Gasteiger partial charge in [-0.1, -0.05) is 11.6 Å². The number of fused-ring (bicyclic) bond motifs is 1. The second-order valence-electron chi connectivity index (χ2n) is 5.92. The van der Waals surface area contributed by atoms with Crippen LogP contribution in [0.15, 0.2) is 18.2 Å². The molecule has 1 unspecified atom stereocenters. The van der Waals surface area contributed by atoms with Gasteiger partial charge < -0.3 is 19.7 Å². The predicted molar refractivity (Wildman–Crippen MR) is 90.0 cm³/mol. The van der Waals surface area contributed by atoms with Crippen molar-refractivity contribution in [3.63, 3.8) is 0 Å². The molecule has 1 aromatic heterocycles. The van der Waals surface area contributed by atoms with Gasteiger partial charge in [0.15, 0.2) is 0 Å². The molecular weight excluding hydrogens is 316 g/mol. The summed E-state index contributed by atoms with van der Waals surface area (Å²) in [5.74, 6) is 0.00770. The highest BCUT2D eigenvalue weighted by Crippen LogP contribution is 2.27. The maximum atomic E-state index is 13.0. The second-order valence-corrected chi connectivity index (χ2v) is 6.36. The van der Waals surface area contributed by atoms with E-state index in [2.05, 4.69) is 4.98 Å². The number of rotatable bonds is 4. The van der Waals surface area contributed by atoms with Crippen LogP contribution < -0.4 is 0 Å². The molecule has 2 aromatic rings. The Morgan fingerprint density at radius 1 is 1.52 bits per heavy atom. The Bertz CT molecular complexity index is 713. The van der Waals surface area contributed by atoms with E-state index in [4.69, 9.17) is 21.4 Å². The Balaban J connectivity index is 1.85. The van der Waals surface area contributed by atoms with Crippen molar-refractivity contribution in [3.8, 4) is 0 Å². The number of hydrogen-bond donors (Lipinski definition) is 2. The lowest BCUT2D eigenvalue weighted by Gasteiger charge is -2.32. The third-order valence-electron chi connectivity index (χ3n) is 4.27. The summed E-state index contributed by atoms with van der Waals surface area (Å²) in [6, 6.07) is 5.54. The van der Waals surface area contributed by atoms with E-state index in [1.54, 1.807) is 0 Å². The number of nitrogens with zero attached hydrogens (tertiary/aromatic N) is 1. The molecule has 5 nitrogen and oxygen atoms in total. The summed E-state index contributed by atoms with van der Waals surface area (Å²) in [5, 5.41) is 10.4. The van der Waals surface area contributed by atoms with Gasteiger partial charge >= 0.3 is 0 Å². The van der Waals surface area contributed by atoms with E-state index in [1.165, 1.54) is 0 Å². The zero-order valence-corrected chi connectivity index (χ0v) is 13.9. The third-order valence-corrected chi connectivity index (χ3v) is 4.51.